The number of nitrogens with two attached hydrogens (primary N) is 1. The molecule has 5 nitrogen and oxygen atoms in total. The van der Waals surface area contributed by atoms with Crippen molar-refractivity contribution in [2.45, 2.75) is 45.6 Å². The molecule has 1 aliphatic heterocycles. The Labute approximate surface area is 163 Å². The number of amides is 2. The Morgan fingerprint density at radius 2 is 1.65 bits per heavy atom. The van der Waals surface area contributed by atoms with Gasteiger partial charge >= 0.3 is 0 Å². The van der Waals surface area contributed by atoms with Crippen molar-refractivity contribution in [3.05, 3.63) is 35.9 Å². The van der Waals surface area contributed by atoms with Crippen LogP contribution in [0.1, 0.15) is 38.7 Å². The first kappa shape index (κ1) is 22.5. The molecule has 0 aromatic heterocycles. The molecule has 146 valence electrons. The van der Waals surface area contributed by atoms with E-state index in [1.165, 1.54) is 5.56 Å². The van der Waals surface area contributed by atoms with Gasteiger partial charge in [-0.05, 0) is 30.7 Å². The SMILES string of the molecule is CC(C)C[C@H](N)C(=O)N1CCCN(C(=O)CCc2ccccc2)CC1.Cl. The van der Waals surface area contributed by atoms with Crippen LogP contribution in [-0.4, -0.2) is 53.8 Å². The largest absolute Gasteiger partial charge is 0.341 e. The minimum atomic E-state index is -0.430. The summed E-state index contributed by atoms with van der Waals surface area (Å²) in [6, 6.07) is 9.64. The van der Waals surface area contributed by atoms with Crippen LogP contribution in [0.25, 0.3) is 0 Å². The number of halogens is 1. The highest BCUT2D eigenvalue weighted by Gasteiger charge is 2.25. The smallest absolute Gasteiger partial charge is 0.239 e. The molecule has 1 aliphatic rings. The zero-order valence-electron chi connectivity index (χ0n) is 15.9. The van der Waals surface area contributed by atoms with E-state index < -0.39 is 6.04 Å². The third kappa shape index (κ3) is 6.96. The fourth-order valence-electron chi connectivity index (χ4n) is 3.28. The van der Waals surface area contributed by atoms with Crippen molar-refractivity contribution >= 4 is 24.2 Å². The lowest BCUT2D eigenvalue weighted by atomic mass is 10.0. The highest BCUT2D eigenvalue weighted by molar-refractivity contribution is 5.85. The molecule has 6 heteroatoms. The van der Waals surface area contributed by atoms with Gasteiger partial charge in [0.05, 0.1) is 6.04 Å². The van der Waals surface area contributed by atoms with Crippen molar-refractivity contribution in [2.24, 2.45) is 11.7 Å². The highest BCUT2D eigenvalue weighted by atomic mass is 35.5. The number of hydrogen-bond acceptors (Lipinski definition) is 3. The number of benzene rings is 1. The van der Waals surface area contributed by atoms with Crippen LogP contribution in [0.15, 0.2) is 30.3 Å². The molecule has 26 heavy (non-hydrogen) atoms. The van der Waals surface area contributed by atoms with Crippen molar-refractivity contribution in [3.8, 4) is 0 Å². The van der Waals surface area contributed by atoms with E-state index in [9.17, 15) is 9.59 Å². The van der Waals surface area contributed by atoms with E-state index in [4.69, 9.17) is 5.73 Å². The lowest BCUT2D eigenvalue weighted by molar-refractivity contribution is -0.134. The van der Waals surface area contributed by atoms with Gasteiger partial charge in [0, 0.05) is 32.6 Å². The molecule has 0 aliphatic carbocycles. The average molecular weight is 382 g/mol. The second-order valence-corrected chi connectivity index (χ2v) is 7.28. The predicted molar refractivity (Wildman–Crippen MR) is 107 cm³/mol. The van der Waals surface area contributed by atoms with Crippen molar-refractivity contribution in [1.82, 2.24) is 9.80 Å². The van der Waals surface area contributed by atoms with E-state index in [-0.39, 0.29) is 24.2 Å². The van der Waals surface area contributed by atoms with E-state index in [1.54, 1.807) is 0 Å². The maximum absolute atomic E-state index is 12.5. The van der Waals surface area contributed by atoms with Crippen LogP contribution >= 0.6 is 12.4 Å². The predicted octanol–water partition coefficient (Wildman–Crippen LogP) is 2.48. The summed E-state index contributed by atoms with van der Waals surface area (Å²) in [5, 5.41) is 0. The van der Waals surface area contributed by atoms with Gasteiger partial charge in [0.2, 0.25) is 11.8 Å². The molecule has 0 bridgehead atoms. The Morgan fingerprint density at radius 1 is 1.04 bits per heavy atom. The summed E-state index contributed by atoms with van der Waals surface area (Å²) in [6.45, 7) is 6.74. The van der Waals surface area contributed by atoms with E-state index in [2.05, 4.69) is 13.8 Å². The standard InChI is InChI=1S/C20H31N3O2.ClH/c1-16(2)15-18(21)20(25)23-12-6-11-22(13-14-23)19(24)10-9-17-7-4-3-5-8-17;/h3-5,7-8,16,18H,6,9-15,21H2,1-2H3;1H/t18-;/m0./s1. The molecule has 2 N–H and O–H groups in total. The van der Waals surface area contributed by atoms with Gasteiger partial charge in [0.15, 0.2) is 0 Å². The number of rotatable bonds is 6. The van der Waals surface area contributed by atoms with Gasteiger partial charge < -0.3 is 15.5 Å². The summed E-state index contributed by atoms with van der Waals surface area (Å²) < 4.78 is 0. The maximum Gasteiger partial charge on any atom is 0.239 e. The third-order valence-electron chi connectivity index (χ3n) is 4.67. The molecular formula is C20H32ClN3O2. The lowest BCUT2D eigenvalue weighted by Crippen LogP contribution is -2.46. The van der Waals surface area contributed by atoms with Crippen molar-refractivity contribution < 1.29 is 9.59 Å². The van der Waals surface area contributed by atoms with E-state index in [0.717, 1.165) is 19.4 Å². The molecule has 0 saturated carbocycles. The second-order valence-electron chi connectivity index (χ2n) is 7.28. The molecular weight excluding hydrogens is 350 g/mol. The quantitative estimate of drug-likeness (QED) is 0.823. The first-order valence-electron chi connectivity index (χ1n) is 9.33. The molecule has 0 spiro atoms. The van der Waals surface area contributed by atoms with Gasteiger partial charge in [0.1, 0.15) is 0 Å². The minimum Gasteiger partial charge on any atom is -0.341 e. The Bertz CT molecular complexity index is 565. The van der Waals surface area contributed by atoms with E-state index in [1.807, 2.05) is 40.1 Å². The fraction of sp³-hybridized carbons (Fsp3) is 0.600. The van der Waals surface area contributed by atoms with Gasteiger partial charge in [-0.1, -0.05) is 44.2 Å². The number of carbonyl (C=O) groups excluding carboxylic acids is 2. The molecule has 0 unspecified atom stereocenters. The zero-order valence-corrected chi connectivity index (χ0v) is 16.7. The summed E-state index contributed by atoms with van der Waals surface area (Å²) >= 11 is 0. The number of nitrogens with zero attached hydrogens (tertiary/aromatic N) is 2. The molecule has 1 saturated heterocycles. The molecule has 1 aromatic rings. The Hall–Kier alpha value is -1.59. The van der Waals surface area contributed by atoms with Crippen molar-refractivity contribution in [1.29, 1.82) is 0 Å². The molecule has 0 radical (unpaired) electrons. The van der Waals surface area contributed by atoms with Crippen molar-refractivity contribution in [2.75, 3.05) is 26.2 Å². The summed E-state index contributed by atoms with van der Waals surface area (Å²) in [4.78, 5) is 28.7. The van der Waals surface area contributed by atoms with Gasteiger partial charge in [-0.2, -0.15) is 0 Å². The topological polar surface area (TPSA) is 66.6 Å². The van der Waals surface area contributed by atoms with Gasteiger partial charge in [-0.25, -0.2) is 0 Å². The number of hydrogen-bond donors (Lipinski definition) is 1. The molecule has 2 amide bonds. The normalized spacial score (nSPS) is 16.0. The Morgan fingerprint density at radius 3 is 2.31 bits per heavy atom. The van der Waals surface area contributed by atoms with Crippen molar-refractivity contribution in [3.63, 3.8) is 0 Å². The van der Waals surface area contributed by atoms with Crippen LogP contribution in [0.3, 0.4) is 0 Å². The monoisotopic (exact) mass is 381 g/mol. The maximum atomic E-state index is 12.5. The van der Waals surface area contributed by atoms with Crippen LogP contribution < -0.4 is 5.73 Å². The lowest BCUT2D eigenvalue weighted by Gasteiger charge is -2.25. The first-order chi connectivity index (χ1) is 12.0. The van der Waals surface area contributed by atoms with E-state index in [0.29, 0.717) is 38.4 Å². The van der Waals surface area contributed by atoms with Crippen LogP contribution in [0.2, 0.25) is 0 Å². The first-order valence-corrected chi connectivity index (χ1v) is 9.33. The number of aryl methyl sites for hydroxylation is 1. The van der Waals surface area contributed by atoms with Crippen LogP contribution in [0.5, 0.6) is 0 Å². The van der Waals surface area contributed by atoms with Crippen LogP contribution in [-0.2, 0) is 16.0 Å². The highest BCUT2D eigenvalue weighted by Crippen LogP contribution is 2.11. The summed E-state index contributed by atoms with van der Waals surface area (Å²) in [7, 11) is 0. The molecule has 2 rings (SSSR count). The Balaban J connectivity index is 0.00000338. The molecule has 1 heterocycles. The van der Waals surface area contributed by atoms with E-state index >= 15 is 0 Å². The summed E-state index contributed by atoms with van der Waals surface area (Å²) in [5.74, 6) is 0.596. The van der Waals surface area contributed by atoms with Gasteiger partial charge in [-0.15, -0.1) is 12.4 Å². The van der Waals surface area contributed by atoms with Gasteiger partial charge in [0.25, 0.3) is 0 Å². The van der Waals surface area contributed by atoms with Gasteiger partial charge in [-0.3, -0.25) is 9.59 Å². The Kier molecular flexibility index (Phi) is 9.66. The minimum absolute atomic E-state index is 0. The summed E-state index contributed by atoms with van der Waals surface area (Å²) in [5.41, 5.74) is 7.22. The summed E-state index contributed by atoms with van der Waals surface area (Å²) in [6.07, 6.45) is 2.80. The van der Waals surface area contributed by atoms with Crippen LogP contribution in [0, 0.1) is 5.92 Å². The fourth-order valence-corrected chi connectivity index (χ4v) is 3.28. The second kappa shape index (κ2) is 11.2. The number of carbonyl (C=O) groups is 2. The third-order valence-corrected chi connectivity index (χ3v) is 4.67. The molecule has 1 aromatic carbocycles. The van der Waals surface area contributed by atoms with Crippen LogP contribution in [0.4, 0.5) is 0 Å². The molecule has 1 fully saturated rings. The molecule has 1 atom stereocenters. The average Bonchev–Trinajstić information content (AvgIpc) is 2.85. The zero-order chi connectivity index (χ0) is 18.2.